The van der Waals surface area contributed by atoms with Crippen LogP contribution in [-0.2, 0) is 5.41 Å². The van der Waals surface area contributed by atoms with E-state index in [1.165, 1.54) is 53.5 Å². The van der Waals surface area contributed by atoms with E-state index in [-0.39, 0.29) is 5.41 Å². The summed E-state index contributed by atoms with van der Waals surface area (Å²) in [7, 11) is 0. The van der Waals surface area contributed by atoms with E-state index < -0.39 is 0 Å². The van der Waals surface area contributed by atoms with Crippen LogP contribution in [0.3, 0.4) is 0 Å². The van der Waals surface area contributed by atoms with Gasteiger partial charge in [-0.2, -0.15) is 0 Å². The van der Waals surface area contributed by atoms with Crippen molar-refractivity contribution in [2.24, 2.45) is 0 Å². The Labute approximate surface area is 97.7 Å². The highest BCUT2D eigenvalue weighted by atomic mass is 14.5. The zero-order valence-corrected chi connectivity index (χ0v) is 9.97. The first-order valence-electron chi connectivity index (χ1n) is 6.15. The predicted molar refractivity (Wildman–Crippen MR) is 69.5 cm³/mol. The second-order valence-electron chi connectivity index (χ2n) is 5.30. The Balaban J connectivity index is 2.27. The highest BCUT2D eigenvalue weighted by Gasteiger charge is 2.45. The zero-order valence-electron chi connectivity index (χ0n) is 9.97. The Morgan fingerprint density at radius 3 is 2.50 bits per heavy atom. The molecule has 0 atom stereocenters. The van der Waals surface area contributed by atoms with Crippen LogP contribution < -0.4 is 0 Å². The molecular weight excluding hydrogens is 192 g/mol. The van der Waals surface area contributed by atoms with Gasteiger partial charge in [0.15, 0.2) is 0 Å². The van der Waals surface area contributed by atoms with Crippen LogP contribution in [0, 0.1) is 6.92 Å². The Kier molecular flexibility index (Phi) is 1.92. The first-order chi connectivity index (χ1) is 7.65. The fourth-order valence-electron chi connectivity index (χ4n) is 3.48. The Bertz CT molecular complexity index is 485. The van der Waals surface area contributed by atoms with Crippen LogP contribution in [0.5, 0.6) is 0 Å². The van der Waals surface area contributed by atoms with E-state index in [1.54, 1.807) is 0 Å². The summed E-state index contributed by atoms with van der Waals surface area (Å²) >= 11 is 0. The average Bonchev–Trinajstić information content (AvgIpc) is 2.83. The summed E-state index contributed by atoms with van der Waals surface area (Å²) in [6.45, 7) is 10.7. The first kappa shape index (κ1) is 9.89. The third-order valence-corrected chi connectivity index (χ3v) is 4.41. The summed E-state index contributed by atoms with van der Waals surface area (Å²) in [4.78, 5) is 0. The van der Waals surface area contributed by atoms with E-state index in [2.05, 4.69) is 38.3 Å². The molecule has 0 aliphatic heterocycles. The first-order valence-corrected chi connectivity index (χ1v) is 6.15. The molecule has 3 rings (SSSR count). The van der Waals surface area contributed by atoms with E-state index in [4.69, 9.17) is 0 Å². The predicted octanol–water partition coefficient (Wildman–Crippen LogP) is 4.39. The maximum atomic E-state index is 4.32. The lowest BCUT2D eigenvalue weighted by molar-refractivity contribution is 0.551. The topological polar surface area (TPSA) is 0 Å². The smallest absolute Gasteiger partial charge is 0.0209 e. The molecule has 82 valence electrons. The van der Waals surface area contributed by atoms with E-state index >= 15 is 0 Å². The maximum Gasteiger partial charge on any atom is 0.0209 e. The second kappa shape index (κ2) is 3.10. The molecule has 0 amide bonds. The van der Waals surface area contributed by atoms with Gasteiger partial charge in [-0.15, -0.1) is 0 Å². The van der Waals surface area contributed by atoms with Crippen LogP contribution >= 0.6 is 0 Å². The summed E-state index contributed by atoms with van der Waals surface area (Å²) < 4.78 is 0. The summed E-state index contributed by atoms with van der Waals surface area (Å²) in [5.41, 5.74) is 6.91. The monoisotopic (exact) mass is 210 g/mol. The molecule has 16 heavy (non-hydrogen) atoms. The lowest BCUT2D eigenvalue weighted by Crippen LogP contribution is -2.19. The van der Waals surface area contributed by atoms with Crippen LogP contribution in [0.4, 0.5) is 0 Å². The average molecular weight is 210 g/mol. The summed E-state index contributed by atoms with van der Waals surface area (Å²) in [6.07, 6.45) is 5.20. The van der Waals surface area contributed by atoms with Gasteiger partial charge in [-0.3, -0.25) is 0 Å². The summed E-state index contributed by atoms with van der Waals surface area (Å²) in [5.74, 6) is 0. The van der Waals surface area contributed by atoms with E-state index in [1.807, 2.05) is 0 Å². The van der Waals surface area contributed by atoms with Gasteiger partial charge >= 0.3 is 0 Å². The molecule has 0 nitrogen and oxygen atoms in total. The van der Waals surface area contributed by atoms with Gasteiger partial charge in [-0.1, -0.05) is 49.8 Å². The number of aryl methyl sites for hydroxylation is 1. The number of benzene rings is 1. The van der Waals surface area contributed by atoms with Gasteiger partial charge in [0, 0.05) is 5.41 Å². The fraction of sp³-hybridized carbons (Fsp3) is 0.375. The van der Waals surface area contributed by atoms with Gasteiger partial charge in [-0.25, -0.2) is 0 Å². The Morgan fingerprint density at radius 1 is 1.12 bits per heavy atom. The van der Waals surface area contributed by atoms with Crippen molar-refractivity contribution in [3.63, 3.8) is 0 Å². The van der Waals surface area contributed by atoms with Crippen molar-refractivity contribution in [3.8, 4) is 0 Å². The largest absolute Gasteiger partial charge is 0.0943 e. The lowest BCUT2D eigenvalue weighted by Gasteiger charge is -2.26. The maximum absolute atomic E-state index is 4.32. The van der Waals surface area contributed by atoms with Gasteiger partial charge in [0.2, 0.25) is 0 Å². The minimum absolute atomic E-state index is 0.248. The molecule has 1 saturated carbocycles. The molecule has 0 heteroatoms. The van der Waals surface area contributed by atoms with Gasteiger partial charge < -0.3 is 0 Å². The number of allylic oxidation sites excluding steroid dienone is 2. The minimum atomic E-state index is 0.248. The van der Waals surface area contributed by atoms with Gasteiger partial charge in [0.25, 0.3) is 0 Å². The molecular formula is C16H18. The van der Waals surface area contributed by atoms with Crippen LogP contribution in [-0.4, -0.2) is 0 Å². The molecule has 2 aliphatic rings. The van der Waals surface area contributed by atoms with E-state index in [9.17, 15) is 0 Å². The van der Waals surface area contributed by atoms with Crippen molar-refractivity contribution < 1.29 is 0 Å². The molecule has 1 spiro atoms. The summed E-state index contributed by atoms with van der Waals surface area (Å²) in [6, 6.07) is 6.76. The highest BCUT2D eigenvalue weighted by Crippen LogP contribution is 2.56. The number of fused-ring (bicyclic) bond motifs is 2. The van der Waals surface area contributed by atoms with Crippen molar-refractivity contribution in [1.29, 1.82) is 0 Å². The molecule has 0 saturated heterocycles. The second-order valence-corrected chi connectivity index (χ2v) is 5.30. The van der Waals surface area contributed by atoms with Crippen molar-refractivity contribution in [2.45, 2.75) is 38.0 Å². The lowest BCUT2D eigenvalue weighted by atomic mass is 9.77. The standard InChI is InChI=1S/C16H18/c1-11-6-7-14-12(2)13(3)16(15(14)10-11)8-4-5-9-16/h6-7,10H,2-5,8-9H2,1H3. The van der Waals surface area contributed by atoms with Crippen molar-refractivity contribution in [2.75, 3.05) is 0 Å². The molecule has 1 aromatic carbocycles. The molecule has 0 N–H and O–H groups in total. The van der Waals surface area contributed by atoms with Crippen molar-refractivity contribution in [3.05, 3.63) is 53.6 Å². The fourth-order valence-corrected chi connectivity index (χ4v) is 3.48. The van der Waals surface area contributed by atoms with E-state index in [0.717, 1.165) is 0 Å². The molecule has 1 aromatic rings. The van der Waals surface area contributed by atoms with E-state index in [0.29, 0.717) is 0 Å². The van der Waals surface area contributed by atoms with Crippen molar-refractivity contribution in [1.82, 2.24) is 0 Å². The number of hydrogen-bond acceptors (Lipinski definition) is 0. The van der Waals surface area contributed by atoms with Gasteiger partial charge in [0.1, 0.15) is 0 Å². The molecule has 0 unspecified atom stereocenters. The third kappa shape index (κ3) is 1.05. The molecule has 0 heterocycles. The normalized spacial score (nSPS) is 21.8. The van der Waals surface area contributed by atoms with Gasteiger partial charge in [-0.05, 0) is 42.0 Å². The Morgan fingerprint density at radius 2 is 1.81 bits per heavy atom. The molecule has 2 aliphatic carbocycles. The molecule has 0 aromatic heterocycles. The molecule has 0 bridgehead atoms. The Hall–Kier alpha value is -1.30. The van der Waals surface area contributed by atoms with Crippen molar-refractivity contribution >= 4 is 5.57 Å². The number of hydrogen-bond donors (Lipinski definition) is 0. The minimum Gasteiger partial charge on any atom is -0.0943 e. The quantitative estimate of drug-likeness (QED) is 0.595. The summed E-state index contributed by atoms with van der Waals surface area (Å²) in [5, 5.41) is 0. The number of rotatable bonds is 0. The molecule has 1 fully saturated rings. The van der Waals surface area contributed by atoms with Crippen LogP contribution in [0.2, 0.25) is 0 Å². The highest BCUT2D eigenvalue weighted by molar-refractivity contribution is 5.88. The van der Waals surface area contributed by atoms with Crippen LogP contribution in [0.25, 0.3) is 5.57 Å². The van der Waals surface area contributed by atoms with Gasteiger partial charge in [0.05, 0.1) is 0 Å². The SMILES string of the molecule is C=C1C(=C)C2(CCCC2)c2cc(C)ccc21. The van der Waals surface area contributed by atoms with Crippen LogP contribution in [0.1, 0.15) is 42.4 Å². The third-order valence-electron chi connectivity index (χ3n) is 4.41. The van der Waals surface area contributed by atoms with Crippen LogP contribution in [0.15, 0.2) is 36.9 Å². The zero-order chi connectivity index (χ0) is 11.3. The molecule has 0 radical (unpaired) electrons.